The zero-order chi connectivity index (χ0) is 20.4. The van der Waals surface area contributed by atoms with Crippen LogP contribution < -0.4 is 9.64 Å². The number of para-hydroxylation sites is 2. The highest BCUT2D eigenvalue weighted by atomic mass is 19.1. The fourth-order valence-electron chi connectivity index (χ4n) is 3.71. The molecule has 0 aromatic heterocycles. The largest absolute Gasteiger partial charge is 0.479 e. The van der Waals surface area contributed by atoms with E-state index in [-0.39, 0.29) is 30.2 Å². The molecule has 0 saturated carbocycles. The molecule has 152 valence electrons. The molecule has 2 amide bonds. The first-order chi connectivity index (χ1) is 14.0. The lowest BCUT2D eigenvalue weighted by Gasteiger charge is -2.35. The molecule has 29 heavy (non-hydrogen) atoms. The van der Waals surface area contributed by atoms with Crippen molar-refractivity contribution < 1.29 is 23.5 Å². The summed E-state index contributed by atoms with van der Waals surface area (Å²) in [6.45, 7) is 3.34. The van der Waals surface area contributed by atoms with Gasteiger partial charge in [-0.25, -0.2) is 4.39 Å². The molecular formula is C22H23FN2O4. The molecule has 1 fully saturated rings. The zero-order valence-electron chi connectivity index (χ0n) is 16.2. The molecule has 2 atom stereocenters. The number of benzene rings is 2. The van der Waals surface area contributed by atoms with Crippen molar-refractivity contribution in [2.24, 2.45) is 0 Å². The first kappa shape index (κ1) is 19.4. The van der Waals surface area contributed by atoms with E-state index >= 15 is 0 Å². The van der Waals surface area contributed by atoms with Gasteiger partial charge >= 0.3 is 0 Å². The van der Waals surface area contributed by atoms with Gasteiger partial charge in [0.25, 0.3) is 5.91 Å². The summed E-state index contributed by atoms with van der Waals surface area (Å²) in [6, 6.07) is 13.5. The second-order valence-electron chi connectivity index (χ2n) is 7.22. The summed E-state index contributed by atoms with van der Waals surface area (Å²) >= 11 is 0. The molecule has 2 aliphatic rings. The van der Waals surface area contributed by atoms with Crippen LogP contribution in [0.4, 0.5) is 10.1 Å². The molecular weight excluding hydrogens is 375 g/mol. The van der Waals surface area contributed by atoms with Gasteiger partial charge < -0.3 is 19.3 Å². The van der Waals surface area contributed by atoms with E-state index in [0.29, 0.717) is 37.7 Å². The smallest absolute Gasteiger partial charge is 0.267 e. The summed E-state index contributed by atoms with van der Waals surface area (Å²) in [5, 5.41) is 0. The van der Waals surface area contributed by atoms with E-state index in [1.54, 1.807) is 28.9 Å². The predicted molar refractivity (Wildman–Crippen MR) is 105 cm³/mol. The first-order valence-corrected chi connectivity index (χ1v) is 9.75. The molecule has 0 N–H and O–H groups in total. The number of nitrogens with zero attached hydrogens (tertiary/aromatic N) is 2. The highest BCUT2D eigenvalue weighted by Crippen LogP contribution is 2.33. The molecule has 1 saturated heterocycles. The minimum Gasteiger partial charge on any atom is -0.479 e. The lowest BCUT2D eigenvalue weighted by Crippen LogP contribution is -2.47. The number of fused-ring (bicyclic) bond motifs is 1. The summed E-state index contributed by atoms with van der Waals surface area (Å²) in [6.07, 6.45) is -0.645. The van der Waals surface area contributed by atoms with E-state index in [4.69, 9.17) is 9.47 Å². The van der Waals surface area contributed by atoms with Crippen molar-refractivity contribution in [3.05, 3.63) is 59.9 Å². The van der Waals surface area contributed by atoms with Crippen LogP contribution in [0.5, 0.6) is 5.75 Å². The van der Waals surface area contributed by atoms with Gasteiger partial charge in [0, 0.05) is 19.5 Å². The minimum atomic E-state index is -0.578. The second kappa shape index (κ2) is 8.21. The summed E-state index contributed by atoms with van der Waals surface area (Å²) in [5.74, 6) is 0.157. The Labute approximate surface area is 168 Å². The number of carbonyl (C=O) groups excluding carboxylic acids is 2. The molecule has 0 aliphatic carbocycles. The Bertz CT molecular complexity index is 902. The standard InChI is InChI=1S/C22H23FN2O4/c1-15-22(27)25(18-4-2-3-5-19(18)29-15)11-10-21(26)24-12-13-28-20(14-24)16-6-8-17(23)9-7-16/h2-9,15,20H,10-14H2,1H3. The number of carbonyl (C=O) groups is 2. The van der Waals surface area contributed by atoms with E-state index in [1.807, 2.05) is 24.3 Å². The highest BCUT2D eigenvalue weighted by molar-refractivity contribution is 6.00. The Kier molecular flexibility index (Phi) is 5.49. The van der Waals surface area contributed by atoms with Crippen molar-refractivity contribution >= 4 is 17.5 Å². The van der Waals surface area contributed by atoms with Crippen molar-refractivity contribution in [1.82, 2.24) is 4.90 Å². The average Bonchev–Trinajstić information content (AvgIpc) is 2.74. The van der Waals surface area contributed by atoms with Gasteiger partial charge in [-0.05, 0) is 36.8 Å². The fourth-order valence-corrected chi connectivity index (χ4v) is 3.71. The normalized spacial score (nSPS) is 21.5. The summed E-state index contributed by atoms with van der Waals surface area (Å²) < 4.78 is 24.6. The molecule has 2 heterocycles. The van der Waals surface area contributed by atoms with Gasteiger partial charge in [0.1, 0.15) is 17.7 Å². The quantitative estimate of drug-likeness (QED) is 0.795. The third-order valence-electron chi connectivity index (χ3n) is 5.28. The minimum absolute atomic E-state index is 0.0372. The summed E-state index contributed by atoms with van der Waals surface area (Å²) in [5.41, 5.74) is 1.53. The van der Waals surface area contributed by atoms with Gasteiger partial charge in [0.15, 0.2) is 6.10 Å². The Hall–Kier alpha value is -2.93. The first-order valence-electron chi connectivity index (χ1n) is 9.75. The molecule has 0 bridgehead atoms. The van der Waals surface area contributed by atoms with Crippen LogP contribution in [0.1, 0.15) is 25.0 Å². The zero-order valence-corrected chi connectivity index (χ0v) is 16.2. The molecule has 2 unspecified atom stereocenters. The van der Waals surface area contributed by atoms with E-state index in [2.05, 4.69) is 0 Å². The molecule has 2 aliphatic heterocycles. The van der Waals surface area contributed by atoms with Crippen LogP contribution in [-0.4, -0.2) is 49.1 Å². The van der Waals surface area contributed by atoms with Gasteiger partial charge in [-0.1, -0.05) is 24.3 Å². The fraction of sp³-hybridized carbons (Fsp3) is 0.364. The average molecular weight is 398 g/mol. The highest BCUT2D eigenvalue weighted by Gasteiger charge is 2.32. The van der Waals surface area contributed by atoms with Gasteiger partial charge in [-0.15, -0.1) is 0 Å². The van der Waals surface area contributed by atoms with Crippen molar-refractivity contribution in [2.45, 2.75) is 25.6 Å². The molecule has 6 nitrogen and oxygen atoms in total. The monoisotopic (exact) mass is 398 g/mol. The summed E-state index contributed by atoms with van der Waals surface area (Å²) in [4.78, 5) is 28.8. The maximum Gasteiger partial charge on any atom is 0.267 e. The van der Waals surface area contributed by atoms with E-state index in [9.17, 15) is 14.0 Å². The van der Waals surface area contributed by atoms with Crippen molar-refractivity contribution in [1.29, 1.82) is 0 Å². The molecule has 2 aromatic carbocycles. The number of hydrogen-bond acceptors (Lipinski definition) is 4. The molecule has 7 heteroatoms. The molecule has 2 aromatic rings. The number of rotatable bonds is 4. The van der Waals surface area contributed by atoms with Crippen LogP contribution in [-0.2, 0) is 14.3 Å². The van der Waals surface area contributed by atoms with Gasteiger partial charge in [0.05, 0.1) is 18.8 Å². The number of hydrogen-bond donors (Lipinski definition) is 0. The van der Waals surface area contributed by atoms with E-state index in [1.165, 1.54) is 12.1 Å². The Morgan fingerprint density at radius 2 is 1.93 bits per heavy atom. The van der Waals surface area contributed by atoms with E-state index < -0.39 is 6.10 Å². The molecule has 4 rings (SSSR count). The van der Waals surface area contributed by atoms with Crippen LogP contribution >= 0.6 is 0 Å². The SMILES string of the molecule is CC1Oc2ccccc2N(CCC(=O)N2CCOC(c3ccc(F)cc3)C2)C1=O. The molecule has 0 radical (unpaired) electrons. The number of anilines is 1. The van der Waals surface area contributed by atoms with Crippen molar-refractivity contribution in [3.63, 3.8) is 0 Å². The Balaban J connectivity index is 1.40. The Morgan fingerprint density at radius 3 is 2.72 bits per heavy atom. The van der Waals surface area contributed by atoms with Crippen LogP contribution in [0.25, 0.3) is 0 Å². The predicted octanol–water partition coefficient (Wildman–Crippen LogP) is 2.93. The Morgan fingerprint density at radius 1 is 1.17 bits per heavy atom. The topological polar surface area (TPSA) is 59.1 Å². The van der Waals surface area contributed by atoms with Crippen LogP contribution in [0, 0.1) is 5.82 Å². The lowest BCUT2D eigenvalue weighted by atomic mass is 10.1. The lowest BCUT2D eigenvalue weighted by molar-refractivity contribution is -0.138. The number of halogens is 1. The number of amides is 2. The van der Waals surface area contributed by atoms with Crippen LogP contribution in [0.2, 0.25) is 0 Å². The van der Waals surface area contributed by atoms with Gasteiger partial charge in [0.2, 0.25) is 5.91 Å². The van der Waals surface area contributed by atoms with Gasteiger partial charge in [-0.3, -0.25) is 9.59 Å². The number of ether oxygens (including phenoxy) is 2. The van der Waals surface area contributed by atoms with Crippen molar-refractivity contribution in [3.8, 4) is 5.75 Å². The van der Waals surface area contributed by atoms with Gasteiger partial charge in [-0.2, -0.15) is 0 Å². The van der Waals surface area contributed by atoms with Crippen molar-refractivity contribution in [2.75, 3.05) is 31.1 Å². The third kappa shape index (κ3) is 4.10. The van der Waals surface area contributed by atoms with Crippen LogP contribution in [0.15, 0.2) is 48.5 Å². The molecule has 0 spiro atoms. The maximum absolute atomic E-state index is 13.2. The second-order valence-corrected chi connectivity index (χ2v) is 7.22. The van der Waals surface area contributed by atoms with E-state index in [0.717, 1.165) is 5.56 Å². The third-order valence-corrected chi connectivity index (χ3v) is 5.28. The maximum atomic E-state index is 13.2. The number of morpholine rings is 1. The summed E-state index contributed by atoms with van der Waals surface area (Å²) in [7, 11) is 0. The van der Waals surface area contributed by atoms with Crippen LogP contribution in [0.3, 0.4) is 0 Å².